The fourth-order valence-electron chi connectivity index (χ4n) is 3.41. The van der Waals surface area contributed by atoms with Crippen LogP contribution < -0.4 is 4.90 Å². The number of hydrogen-bond donors (Lipinski definition) is 0. The van der Waals surface area contributed by atoms with Crippen molar-refractivity contribution in [1.82, 2.24) is 9.55 Å². The predicted molar refractivity (Wildman–Crippen MR) is 120 cm³/mol. The number of hydrogen-bond acceptors (Lipinski definition) is 3. The average molecular weight is 402 g/mol. The van der Waals surface area contributed by atoms with Crippen molar-refractivity contribution in [3.63, 3.8) is 0 Å². The van der Waals surface area contributed by atoms with Crippen molar-refractivity contribution in [3.8, 4) is 16.9 Å². The van der Waals surface area contributed by atoms with Crippen LogP contribution in [-0.2, 0) is 16.6 Å². The molecule has 0 aliphatic heterocycles. The van der Waals surface area contributed by atoms with Crippen molar-refractivity contribution in [2.75, 3.05) is 19.0 Å². The first-order valence-corrected chi connectivity index (χ1v) is 10.8. The molecule has 0 amide bonds. The highest BCUT2D eigenvalue weighted by atomic mass is 32.2. The summed E-state index contributed by atoms with van der Waals surface area (Å²) in [5.74, 6) is 0.409. The Bertz CT molecular complexity index is 1120. The SMILES string of the molecule is CN(C)c1ccccc1CS(=O)c1ncc(-c2ccccc2)n1-c1ccccc1. The molecule has 3 aromatic carbocycles. The third-order valence-electron chi connectivity index (χ3n) is 4.78. The maximum absolute atomic E-state index is 13.4. The summed E-state index contributed by atoms with van der Waals surface area (Å²) < 4.78 is 15.4. The molecule has 146 valence electrons. The molecular weight excluding hydrogens is 378 g/mol. The summed E-state index contributed by atoms with van der Waals surface area (Å²) in [5, 5.41) is 0.559. The van der Waals surface area contributed by atoms with Crippen molar-refractivity contribution in [2.24, 2.45) is 0 Å². The maximum Gasteiger partial charge on any atom is 0.204 e. The minimum absolute atomic E-state index is 0.409. The molecule has 0 aliphatic carbocycles. The quantitative estimate of drug-likeness (QED) is 0.461. The topological polar surface area (TPSA) is 38.1 Å². The first-order chi connectivity index (χ1) is 14.1. The van der Waals surface area contributed by atoms with Gasteiger partial charge >= 0.3 is 0 Å². The fourth-order valence-corrected chi connectivity index (χ4v) is 4.64. The van der Waals surface area contributed by atoms with Crippen LogP contribution in [0.1, 0.15) is 5.56 Å². The van der Waals surface area contributed by atoms with Gasteiger partial charge in [-0.1, -0.05) is 66.7 Å². The Labute approximate surface area is 173 Å². The van der Waals surface area contributed by atoms with Crippen LogP contribution in [0, 0.1) is 0 Å². The normalized spacial score (nSPS) is 11.9. The molecule has 4 nitrogen and oxygen atoms in total. The van der Waals surface area contributed by atoms with Gasteiger partial charge in [-0.3, -0.25) is 8.78 Å². The molecule has 0 radical (unpaired) electrons. The molecule has 0 fully saturated rings. The van der Waals surface area contributed by atoms with E-state index in [2.05, 4.69) is 4.98 Å². The highest BCUT2D eigenvalue weighted by Crippen LogP contribution is 2.28. The van der Waals surface area contributed by atoms with Crippen LogP contribution in [0.15, 0.2) is 96.3 Å². The van der Waals surface area contributed by atoms with Gasteiger partial charge < -0.3 is 4.90 Å². The predicted octanol–water partition coefficient (Wildman–Crippen LogP) is 4.91. The molecule has 4 rings (SSSR count). The van der Waals surface area contributed by atoms with E-state index < -0.39 is 10.8 Å². The highest BCUT2D eigenvalue weighted by Gasteiger charge is 2.19. The summed E-state index contributed by atoms with van der Waals surface area (Å²) in [6, 6.07) is 28.1. The Hall–Kier alpha value is -3.18. The van der Waals surface area contributed by atoms with Crippen molar-refractivity contribution in [3.05, 3.63) is 96.7 Å². The zero-order valence-corrected chi connectivity index (χ0v) is 17.3. The third kappa shape index (κ3) is 4.00. The Morgan fingerprint density at radius 2 is 1.48 bits per heavy atom. The Morgan fingerprint density at radius 1 is 0.862 bits per heavy atom. The lowest BCUT2D eigenvalue weighted by Crippen LogP contribution is -2.13. The largest absolute Gasteiger partial charge is 0.377 e. The molecule has 0 saturated heterocycles. The van der Waals surface area contributed by atoms with Gasteiger partial charge in [0.2, 0.25) is 5.16 Å². The summed E-state index contributed by atoms with van der Waals surface area (Å²) in [7, 11) is 2.70. The van der Waals surface area contributed by atoms with Gasteiger partial charge in [-0.25, -0.2) is 4.98 Å². The molecule has 0 spiro atoms. The lowest BCUT2D eigenvalue weighted by molar-refractivity contribution is 0.672. The zero-order valence-electron chi connectivity index (χ0n) is 16.5. The summed E-state index contributed by atoms with van der Waals surface area (Å²) in [6.07, 6.45) is 1.81. The average Bonchev–Trinajstić information content (AvgIpc) is 3.20. The van der Waals surface area contributed by atoms with Crippen molar-refractivity contribution >= 4 is 16.5 Å². The van der Waals surface area contributed by atoms with E-state index in [1.54, 1.807) is 0 Å². The number of aromatic nitrogens is 2. The van der Waals surface area contributed by atoms with Crippen LogP contribution >= 0.6 is 0 Å². The molecule has 1 atom stereocenters. The third-order valence-corrected chi connectivity index (χ3v) is 6.05. The van der Waals surface area contributed by atoms with Gasteiger partial charge in [0.25, 0.3) is 0 Å². The van der Waals surface area contributed by atoms with Crippen LogP contribution in [-0.4, -0.2) is 27.9 Å². The van der Waals surface area contributed by atoms with Crippen molar-refractivity contribution < 1.29 is 4.21 Å². The smallest absolute Gasteiger partial charge is 0.204 e. The van der Waals surface area contributed by atoms with Gasteiger partial charge in [0, 0.05) is 31.0 Å². The van der Waals surface area contributed by atoms with Crippen LogP contribution in [0.2, 0.25) is 0 Å². The lowest BCUT2D eigenvalue weighted by Gasteiger charge is -2.17. The van der Waals surface area contributed by atoms with Gasteiger partial charge in [0.1, 0.15) is 0 Å². The monoisotopic (exact) mass is 401 g/mol. The molecular formula is C24H23N3OS. The number of nitrogens with zero attached hydrogens (tertiary/aromatic N) is 3. The Kier molecular flexibility index (Phi) is 5.58. The minimum atomic E-state index is -1.30. The molecule has 1 aromatic heterocycles. The highest BCUT2D eigenvalue weighted by molar-refractivity contribution is 7.84. The standard InChI is InChI=1S/C24H23N3OS/c1-26(2)22-16-10-9-13-20(22)18-29(28)24-25-17-23(19-11-5-3-6-12-19)27(24)21-14-7-4-8-15-21/h3-17H,18H2,1-2H3. The van der Waals surface area contributed by atoms with E-state index in [1.165, 1.54) is 0 Å². The van der Waals surface area contributed by atoms with Crippen LogP contribution in [0.25, 0.3) is 16.9 Å². The molecule has 5 heteroatoms. The van der Waals surface area contributed by atoms with Gasteiger partial charge in [-0.05, 0) is 23.8 Å². The van der Waals surface area contributed by atoms with Crippen molar-refractivity contribution in [2.45, 2.75) is 10.9 Å². The van der Waals surface area contributed by atoms with E-state index in [0.29, 0.717) is 10.9 Å². The van der Waals surface area contributed by atoms with Gasteiger partial charge in [-0.15, -0.1) is 0 Å². The number of para-hydroxylation sites is 2. The summed E-state index contributed by atoms with van der Waals surface area (Å²) >= 11 is 0. The van der Waals surface area contributed by atoms with Crippen LogP contribution in [0.4, 0.5) is 5.69 Å². The van der Waals surface area contributed by atoms with Crippen LogP contribution in [0.3, 0.4) is 0 Å². The maximum atomic E-state index is 13.4. The van der Waals surface area contributed by atoms with Crippen LogP contribution in [0.5, 0.6) is 0 Å². The number of benzene rings is 3. The van der Waals surface area contributed by atoms with Gasteiger partial charge in [0.15, 0.2) is 0 Å². The van der Waals surface area contributed by atoms with Gasteiger partial charge in [-0.2, -0.15) is 0 Å². The number of rotatable bonds is 6. The first kappa shape index (κ1) is 19.2. The van der Waals surface area contributed by atoms with E-state index in [9.17, 15) is 4.21 Å². The van der Waals surface area contributed by atoms with Crippen molar-refractivity contribution in [1.29, 1.82) is 0 Å². The summed E-state index contributed by atoms with van der Waals surface area (Å²) in [4.78, 5) is 6.64. The molecule has 1 unspecified atom stereocenters. The number of anilines is 1. The van der Waals surface area contributed by atoms with E-state index in [4.69, 9.17) is 0 Å². The van der Waals surface area contributed by atoms with E-state index in [1.807, 2.05) is 115 Å². The minimum Gasteiger partial charge on any atom is -0.377 e. The molecule has 29 heavy (non-hydrogen) atoms. The lowest BCUT2D eigenvalue weighted by atomic mass is 10.1. The molecule has 0 saturated carbocycles. The first-order valence-electron chi connectivity index (χ1n) is 9.47. The second kappa shape index (κ2) is 8.45. The molecule has 1 heterocycles. The Morgan fingerprint density at radius 3 is 2.17 bits per heavy atom. The van der Waals surface area contributed by atoms with Gasteiger partial charge in [0.05, 0.1) is 28.4 Å². The van der Waals surface area contributed by atoms with E-state index in [-0.39, 0.29) is 0 Å². The summed E-state index contributed by atoms with van der Waals surface area (Å²) in [6.45, 7) is 0. The summed E-state index contributed by atoms with van der Waals surface area (Å²) in [5.41, 5.74) is 5.04. The van der Waals surface area contributed by atoms with E-state index >= 15 is 0 Å². The molecule has 0 aliphatic rings. The zero-order chi connectivity index (χ0) is 20.2. The molecule has 4 aromatic rings. The molecule has 0 bridgehead atoms. The molecule has 0 N–H and O–H groups in total. The second-order valence-electron chi connectivity index (χ2n) is 6.98. The van der Waals surface area contributed by atoms with E-state index in [0.717, 1.165) is 28.2 Å². The Balaban J connectivity index is 1.79. The number of imidazole rings is 1. The second-order valence-corrected chi connectivity index (χ2v) is 8.32. The fraction of sp³-hybridized carbons (Fsp3) is 0.125.